The zero-order valence-electron chi connectivity index (χ0n) is 25.4. The summed E-state index contributed by atoms with van der Waals surface area (Å²) in [6, 6.07) is 14.3. The Morgan fingerprint density at radius 1 is 0.977 bits per heavy atom. The van der Waals surface area contributed by atoms with Crippen molar-refractivity contribution in [2.24, 2.45) is 10.9 Å². The number of methoxy groups -OCH3 is 2. The van der Waals surface area contributed by atoms with Crippen LogP contribution in [0.4, 0.5) is 0 Å². The number of thioether (sulfide) groups is 1. The van der Waals surface area contributed by atoms with Crippen molar-refractivity contribution in [1.29, 1.82) is 0 Å². The number of ether oxygens (including phenoxy) is 4. The van der Waals surface area contributed by atoms with Crippen molar-refractivity contribution < 1.29 is 33.3 Å². The van der Waals surface area contributed by atoms with E-state index in [0.29, 0.717) is 65.3 Å². The van der Waals surface area contributed by atoms with Crippen molar-refractivity contribution in [3.05, 3.63) is 76.3 Å². The molecule has 2 atom stereocenters. The number of hydrogen-bond donors (Lipinski definition) is 0. The van der Waals surface area contributed by atoms with Gasteiger partial charge in [0.1, 0.15) is 0 Å². The molecule has 11 heteroatoms. The smallest absolute Gasteiger partial charge is 0.338 e. The number of benzene rings is 2. The van der Waals surface area contributed by atoms with E-state index in [4.69, 9.17) is 23.9 Å². The predicted octanol–water partition coefficient (Wildman–Crippen LogP) is 5.17. The number of likely N-dealkylation sites (tertiary alicyclic amines) is 1. The van der Waals surface area contributed by atoms with Crippen molar-refractivity contribution in [3.8, 4) is 11.5 Å². The number of carbonyl (C=O) groups is 3. The Bertz CT molecular complexity index is 1500. The quantitative estimate of drug-likeness (QED) is 0.333. The van der Waals surface area contributed by atoms with Gasteiger partial charge in [-0.1, -0.05) is 54.2 Å². The van der Waals surface area contributed by atoms with Crippen LogP contribution >= 0.6 is 11.8 Å². The third kappa shape index (κ3) is 6.19. The minimum absolute atomic E-state index is 0.0567. The Morgan fingerprint density at radius 2 is 1.75 bits per heavy atom. The summed E-state index contributed by atoms with van der Waals surface area (Å²) in [5.74, 6) is -0.267. The second-order valence-corrected chi connectivity index (χ2v) is 11.3. The lowest BCUT2D eigenvalue weighted by Gasteiger charge is -2.38. The maximum atomic E-state index is 13.8. The molecule has 0 aromatic heterocycles. The number of rotatable bonds is 10. The molecule has 0 radical (unpaired) electrons. The number of hydrogen-bond acceptors (Lipinski definition) is 10. The van der Waals surface area contributed by atoms with Gasteiger partial charge in [-0.2, -0.15) is 0 Å². The summed E-state index contributed by atoms with van der Waals surface area (Å²) in [6.07, 6.45) is 1.47. The normalized spacial score (nSPS) is 19.5. The minimum Gasteiger partial charge on any atom is -0.493 e. The first-order chi connectivity index (χ1) is 21.4. The van der Waals surface area contributed by atoms with Crippen LogP contribution in [0, 0.1) is 5.92 Å². The molecule has 3 heterocycles. The number of amidine groups is 1. The molecule has 0 bridgehead atoms. The molecule has 44 heavy (non-hydrogen) atoms. The van der Waals surface area contributed by atoms with Crippen molar-refractivity contribution >= 4 is 40.5 Å². The van der Waals surface area contributed by atoms with E-state index >= 15 is 0 Å². The highest BCUT2D eigenvalue weighted by atomic mass is 32.2. The number of amides is 1. The molecule has 0 spiro atoms. The number of carbonyl (C=O) groups excluding carboxylic acids is 3. The molecule has 0 aliphatic carbocycles. The first kappa shape index (κ1) is 31.2. The van der Waals surface area contributed by atoms with Crippen molar-refractivity contribution in [3.63, 3.8) is 0 Å². The molecule has 3 aliphatic heterocycles. The summed E-state index contributed by atoms with van der Waals surface area (Å²) in [5.41, 5.74) is 2.93. The van der Waals surface area contributed by atoms with Crippen LogP contribution in [-0.2, 0) is 23.9 Å². The van der Waals surface area contributed by atoms with Crippen LogP contribution in [0.5, 0.6) is 11.5 Å². The van der Waals surface area contributed by atoms with E-state index in [-0.39, 0.29) is 30.8 Å². The summed E-state index contributed by atoms with van der Waals surface area (Å²) < 4.78 is 22.3. The summed E-state index contributed by atoms with van der Waals surface area (Å²) in [7, 11) is 3.12. The Labute approximate surface area is 261 Å². The van der Waals surface area contributed by atoms with E-state index in [9.17, 15) is 14.4 Å². The average Bonchev–Trinajstić information content (AvgIpc) is 3.46. The Hall–Kier alpha value is -4.25. The minimum atomic E-state index is -0.732. The van der Waals surface area contributed by atoms with Crippen molar-refractivity contribution in [2.45, 2.75) is 39.2 Å². The number of nitrogens with zero attached hydrogens (tertiary/aromatic N) is 3. The van der Waals surface area contributed by atoms with Crippen LogP contribution in [0.2, 0.25) is 0 Å². The van der Waals surface area contributed by atoms with Gasteiger partial charge in [-0.25, -0.2) is 9.79 Å². The topological polar surface area (TPSA) is 107 Å². The fourth-order valence-corrected chi connectivity index (χ4v) is 6.75. The molecular weight excluding hydrogens is 582 g/mol. The highest BCUT2D eigenvalue weighted by Gasteiger charge is 2.44. The van der Waals surface area contributed by atoms with Crippen LogP contribution in [0.1, 0.15) is 50.3 Å². The Balaban J connectivity index is 1.57. The Kier molecular flexibility index (Phi) is 9.94. The van der Waals surface area contributed by atoms with Gasteiger partial charge in [-0.05, 0) is 38.2 Å². The second kappa shape index (κ2) is 14.0. The molecule has 0 saturated carbocycles. The molecule has 1 amide bonds. The molecule has 1 saturated heterocycles. The molecule has 1 fully saturated rings. The maximum absolute atomic E-state index is 13.8. The second-order valence-electron chi connectivity index (χ2n) is 10.4. The van der Waals surface area contributed by atoms with E-state index in [2.05, 4.69) is 0 Å². The van der Waals surface area contributed by atoms with E-state index in [1.807, 2.05) is 52.8 Å². The molecule has 0 N–H and O–H groups in total. The molecule has 2 aromatic carbocycles. The third-order valence-corrected chi connectivity index (χ3v) is 8.70. The number of aliphatic imine (C=N–C) groups is 1. The van der Waals surface area contributed by atoms with Gasteiger partial charge in [-0.3, -0.25) is 9.59 Å². The highest BCUT2D eigenvalue weighted by molar-refractivity contribution is 8.16. The van der Waals surface area contributed by atoms with Crippen LogP contribution in [0.15, 0.2) is 70.2 Å². The zero-order chi connectivity index (χ0) is 31.2. The first-order valence-electron chi connectivity index (χ1n) is 14.8. The molecule has 232 valence electrons. The van der Waals surface area contributed by atoms with E-state index in [1.165, 1.54) is 11.8 Å². The molecule has 0 unspecified atom stereocenters. The van der Waals surface area contributed by atoms with Crippen LogP contribution in [0.25, 0.3) is 5.70 Å². The summed E-state index contributed by atoms with van der Waals surface area (Å²) in [6.45, 7) is 4.91. The highest BCUT2D eigenvalue weighted by Crippen LogP contribution is 2.50. The SMILES string of the molecule is CCOC(=O)C1=C(c2ccccc2)N=C2SC=C(CC(=O)N3CCC[C@H](C(=O)OCC)C3)N2[C@@H]1c1cccc(OC)c1OC. The van der Waals surface area contributed by atoms with E-state index in [1.54, 1.807) is 39.0 Å². The monoisotopic (exact) mass is 619 g/mol. The lowest BCUT2D eigenvalue weighted by molar-refractivity contribution is -0.151. The zero-order valence-corrected chi connectivity index (χ0v) is 26.2. The third-order valence-electron chi connectivity index (χ3n) is 7.81. The van der Waals surface area contributed by atoms with Gasteiger partial charge in [-0.15, -0.1) is 0 Å². The van der Waals surface area contributed by atoms with Gasteiger partial charge in [0.05, 0.1) is 57.1 Å². The molecule has 10 nitrogen and oxygen atoms in total. The van der Waals surface area contributed by atoms with Gasteiger partial charge < -0.3 is 28.7 Å². The fraction of sp³-hybridized carbons (Fsp3) is 0.394. The fourth-order valence-electron chi connectivity index (χ4n) is 5.83. The van der Waals surface area contributed by atoms with E-state index < -0.39 is 12.0 Å². The van der Waals surface area contributed by atoms with E-state index in [0.717, 1.165) is 12.0 Å². The maximum Gasteiger partial charge on any atom is 0.338 e. The van der Waals surface area contributed by atoms with Crippen molar-refractivity contribution in [1.82, 2.24) is 9.80 Å². The van der Waals surface area contributed by atoms with Gasteiger partial charge in [0.25, 0.3) is 0 Å². The number of esters is 2. The first-order valence-corrected chi connectivity index (χ1v) is 15.6. The molecular formula is C33H37N3O7S. The van der Waals surface area contributed by atoms with Gasteiger partial charge in [0.15, 0.2) is 16.7 Å². The number of piperidine rings is 1. The lowest BCUT2D eigenvalue weighted by atomic mass is 9.90. The molecule has 2 aromatic rings. The summed E-state index contributed by atoms with van der Waals surface area (Å²) in [4.78, 5) is 48.6. The number of fused-ring (bicyclic) bond motifs is 1. The standard InChI is InChI=1S/C33H37N3O7S/c1-5-42-31(38)22-14-11-17-35(19-22)26(37)18-23-20-44-33-34-28(21-12-8-7-9-13-21)27(32(39)43-6-2)29(36(23)33)24-15-10-16-25(40-3)30(24)41-4/h7-10,12-13,15-16,20,22,29H,5-6,11,14,17-19H2,1-4H3/t22-,29+/m0/s1. The van der Waals surface area contributed by atoms with Gasteiger partial charge >= 0.3 is 11.9 Å². The molecule has 5 rings (SSSR count). The largest absolute Gasteiger partial charge is 0.493 e. The summed E-state index contributed by atoms with van der Waals surface area (Å²) >= 11 is 1.39. The van der Waals surface area contributed by atoms with Crippen LogP contribution < -0.4 is 9.47 Å². The summed E-state index contributed by atoms with van der Waals surface area (Å²) in [5, 5.41) is 2.53. The number of para-hydroxylation sites is 1. The Morgan fingerprint density at radius 3 is 2.45 bits per heavy atom. The van der Waals surface area contributed by atoms with Crippen LogP contribution in [-0.4, -0.2) is 73.3 Å². The molecule has 3 aliphatic rings. The van der Waals surface area contributed by atoms with Crippen LogP contribution in [0.3, 0.4) is 0 Å². The van der Waals surface area contributed by atoms with Gasteiger partial charge in [0, 0.05) is 29.9 Å². The van der Waals surface area contributed by atoms with Crippen molar-refractivity contribution in [2.75, 3.05) is 40.5 Å². The van der Waals surface area contributed by atoms with Gasteiger partial charge in [0.2, 0.25) is 5.91 Å². The predicted molar refractivity (Wildman–Crippen MR) is 168 cm³/mol. The average molecular weight is 620 g/mol. The lowest BCUT2D eigenvalue weighted by Crippen LogP contribution is -2.44.